The molecular weight excluding hydrogens is 256 g/mol. The van der Waals surface area contributed by atoms with Gasteiger partial charge in [0.1, 0.15) is 0 Å². The smallest absolute Gasteiger partial charge is 0.225 e. The van der Waals surface area contributed by atoms with E-state index in [-0.39, 0.29) is 5.91 Å². The average molecular weight is 280 g/mol. The number of carbonyl (C=O) groups is 1. The van der Waals surface area contributed by atoms with Crippen molar-refractivity contribution < 1.29 is 9.90 Å². The molecule has 0 radical (unpaired) electrons. The molecule has 2 heterocycles. The molecule has 2 saturated heterocycles. The molecule has 2 atom stereocenters. The number of rotatable bonds is 2. The number of amides is 1. The normalized spacial score (nSPS) is 32.8. The summed E-state index contributed by atoms with van der Waals surface area (Å²) in [5.41, 5.74) is 1.18. The Morgan fingerprint density at radius 1 is 1.20 bits per heavy atom. The van der Waals surface area contributed by atoms with Gasteiger partial charge in [0.05, 0.1) is 0 Å². The molecule has 0 spiro atoms. The van der Waals surface area contributed by atoms with Crippen LogP contribution in [0.3, 0.4) is 0 Å². The predicted octanol–water partition coefficient (Wildman–Crippen LogP) is -0.574. The highest BCUT2D eigenvalue weighted by atomic mass is 16.3. The number of carbonyl (C=O) groups excluding carboxylic acids is 1. The molecular formula is C14H24N4O2. The van der Waals surface area contributed by atoms with Crippen molar-refractivity contribution >= 4 is 5.91 Å². The van der Waals surface area contributed by atoms with Crippen molar-refractivity contribution in [3.63, 3.8) is 0 Å². The molecule has 3 rings (SSSR count). The summed E-state index contributed by atoms with van der Waals surface area (Å²) in [6.45, 7) is 5.07. The van der Waals surface area contributed by atoms with Crippen LogP contribution in [0.15, 0.2) is 11.8 Å². The maximum atomic E-state index is 11.2. The van der Waals surface area contributed by atoms with Gasteiger partial charge in [-0.25, -0.2) is 0 Å². The molecule has 1 amide bonds. The fraction of sp³-hybridized carbons (Fsp3) is 0.786. The lowest BCUT2D eigenvalue weighted by molar-refractivity contribution is -0.134. The van der Waals surface area contributed by atoms with Gasteiger partial charge in [-0.1, -0.05) is 6.08 Å². The summed E-state index contributed by atoms with van der Waals surface area (Å²) < 4.78 is 0. The van der Waals surface area contributed by atoms with Crippen LogP contribution >= 0.6 is 0 Å². The second-order valence-corrected chi connectivity index (χ2v) is 5.79. The SMILES string of the molecule is O=C1CCN(C2=CCC(N3CCNCC3)CC2)C(O)N1. The van der Waals surface area contributed by atoms with Crippen molar-refractivity contribution in [1.29, 1.82) is 0 Å². The van der Waals surface area contributed by atoms with Crippen LogP contribution in [-0.2, 0) is 4.79 Å². The number of aliphatic hydroxyl groups excluding tert-OH is 1. The molecule has 0 bridgehead atoms. The first-order valence-electron chi connectivity index (χ1n) is 7.62. The molecule has 3 aliphatic rings. The molecule has 0 aromatic heterocycles. The topological polar surface area (TPSA) is 67.8 Å². The lowest BCUT2D eigenvalue weighted by Crippen LogP contribution is -2.54. The fourth-order valence-electron chi connectivity index (χ4n) is 3.39. The summed E-state index contributed by atoms with van der Waals surface area (Å²) in [5, 5.41) is 15.9. The molecule has 20 heavy (non-hydrogen) atoms. The maximum absolute atomic E-state index is 11.2. The largest absolute Gasteiger partial charge is 0.356 e. The third-order valence-electron chi connectivity index (χ3n) is 4.56. The van der Waals surface area contributed by atoms with E-state index < -0.39 is 6.35 Å². The highest BCUT2D eigenvalue weighted by Crippen LogP contribution is 2.26. The Hall–Kier alpha value is -1.11. The molecule has 2 fully saturated rings. The summed E-state index contributed by atoms with van der Waals surface area (Å²) in [4.78, 5) is 15.7. The van der Waals surface area contributed by atoms with Crippen LogP contribution in [0.2, 0.25) is 0 Å². The van der Waals surface area contributed by atoms with Gasteiger partial charge in [0, 0.05) is 50.9 Å². The number of aliphatic hydroxyl groups is 1. The molecule has 1 aliphatic carbocycles. The van der Waals surface area contributed by atoms with Crippen LogP contribution in [0.5, 0.6) is 0 Å². The van der Waals surface area contributed by atoms with Gasteiger partial charge >= 0.3 is 0 Å². The van der Waals surface area contributed by atoms with Crippen molar-refractivity contribution in [1.82, 2.24) is 20.4 Å². The first kappa shape index (κ1) is 13.9. The van der Waals surface area contributed by atoms with Gasteiger partial charge in [-0.2, -0.15) is 0 Å². The molecule has 0 saturated carbocycles. The number of nitrogens with one attached hydrogen (secondary N) is 2. The first-order chi connectivity index (χ1) is 9.74. The highest BCUT2D eigenvalue weighted by molar-refractivity contribution is 5.77. The molecule has 2 aliphatic heterocycles. The molecule has 3 N–H and O–H groups in total. The minimum absolute atomic E-state index is 0.0659. The molecule has 0 aromatic carbocycles. The van der Waals surface area contributed by atoms with E-state index >= 15 is 0 Å². The van der Waals surface area contributed by atoms with Crippen molar-refractivity contribution in [3.8, 4) is 0 Å². The standard InChI is InChI=1S/C14H24N4O2/c19-13-5-8-18(14(20)16-13)12-3-1-11(2-4-12)17-9-6-15-7-10-17/h3,11,14-15,20H,1-2,4-10H2,(H,16,19). The summed E-state index contributed by atoms with van der Waals surface area (Å²) in [6, 6.07) is 0.636. The third-order valence-corrected chi connectivity index (χ3v) is 4.56. The van der Waals surface area contributed by atoms with Gasteiger partial charge in [-0.3, -0.25) is 9.69 Å². The van der Waals surface area contributed by atoms with Crippen molar-refractivity contribution in [2.24, 2.45) is 0 Å². The maximum Gasteiger partial charge on any atom is 0.225 e. The van der Waals surface area contributed by atoms with E-state index in [1.54, 1.807) is 0 Å². The Balaban J connectivity index is 1.57. The van der Waals surface area contributed by atoms with Crippen molar-refractivity contribution in [2.45, 2.75) is 38.1 Å². The number of hydrogen-bond donors (Lipinski definition) is 3. The first-order valence-corrected chi connectivity index (χ1v) is 7.62. The Morgan fingerprint density at radius 3 is 2.65 bits per heavy atom. The van der Waals surface area contributed by atoms with E-state index in [1.807, 2.05) is 4.90 Å². The summed E-state index contributed by atoms with van der Waals surface area (Å²) in [6.07, 6.45) is 5.04. The zero-order valence-corrected chi connectivity index (χ0v) is 11.8. The number of hydrogen-bond acceptors (Lipinski definition) is 5. The van der Waals surface area contributed by atoms with E-state index in [9.17, 15) is 9.90 Å². The Morgan fingerprint density at radius 2 is 2.00 bits per heavy atom. The molecule has 112 valence electrons. The lowest BCUT2D eigenvalue weighted by Gasteiger charge is -2.41. The van der Waals surface area contributed by atoms with Gasteiger partial charge < -0.3 is 20.6 Å². The van der Waals surface area contributed by atoms with Crippen LogP contribution < -0.4 is 10.6 Å². The van der Waals surface area contributed by atoms with Gasteiger partial charge in [0.2, 0.25) is 12.3 Å². The minimum atomic E-state index is -0.849. The number of allylic oxidation sites excluding steroid dienone is 1. The van der Waals surface area contributed by atoms with E-state index in [4.69, 9.17) is 0 Å². The third kappa shape index (κ3) is 2.97. The van der Waals surface area contributed by atoms with Crippen LogP contribution in [0.25, 0.3) is 0 Å². The molecule has 6 heteroatoms. The summed E-state index contributed by atoms with van der Waals surface area (Å²) in [7, 11) is 0. The summed E-state index contributed by atoms with van der Waals surface area (Å²) >= 11 is 0. The molecule has 6 nitrogen and oxygen atoms in total. The van der Waals surface area contributed by atoms with E-state index in [2.05, 4.69) is 21.6 Å². The molecule has 2 unspecified atom stereocenters. The monoisotopic (exact) mass is 280 g/mol. The van der Waals surface area contributed by atoms with E-state index in [0.717, 1.165) is 45.4 Å². The van der Waals surface area contributed by atoms with Gasteiger partial charge in [0.15, 0.2) is 0 Å². The lowest BCUT2D eigenvalue weighted by atomic mass is 9.96. The Labute approximate surface area is 119 Å². The van der Waals surface area contributed by atoms with Gasteiger partial charge in [-0.05, 0) is 19.3 Å². The van der Waals surface area contributed by atoms with Crippen molar-refractivity contribution in [3.05, 3.63) is 11.8 Å². The Bertz CT molecular complexity index is 393. The van der Waals surface area contributed by atoms with Crippen molar-refractivity contribution in [2.75, 3.05) is 32.7 Å². The second kappa shape index (κ2) is 6.11. The quantitative estimate of drug-likeness (QED) is 0.632. The van der Waals surface area contributed by atoms with Crippen LogP contribution in [0.1, 0.15) is 25.7 Å². The predicted molar refractivity (Wildman–Crippen MR) is 75.6 cm³/mol. The highest BCUT2D eigenvalue weighted by Gasteiger charge is 2.29. The van der Waals surface area contributed by atoms with Crippen LogP contribution in [0.4, 0.5) is 0 Å². The minimum Gasteiger partial charge on any atom is -0.356 e. The zero-order chi connectivity index (χ0) is 13.9. The second-order valence-electron chi connectivity index (χ2n) is 5.79. The van der Waals surface area contributed by atoms with Crippen LogP contribution in [0, 0.1) is 0 Å². The Kier molecular flexibility index (Phi) is 4.24. The number of nitrogens with zero attached hydrogens (tertiary/aromatic N) is 2. The zero-order valence-electron chi connectivity index (χ0n) is 11.8. The van der Waals surface area contributed by atoms with Gasteiger partial charge in [-0.15, -0.1) is 0 Å². The van der Waals surface area contributed by atoms with Crippen LogP contribution in [-0.4, -0.2) is 65.9 Å². The van der Waals surface area contributed by atoms with E-state index in [1.165, 1.54) is 5.70 Å². The average Bonchev–Trinajstić information content (AvgIpc) is 2.48. The fourth-order valence-corrected chi connectivity index (χ4v) is 3.39. The van der Waals surface area contributed by atoms with Gasteiger partial charge in [0.25, 0.3) is 0 Å². The number of piperazine rings is 1. The summed E-state index contributed by atoms with van der Waals surface area (Å²) in [5.74, 6) is -0.0659. The van der Waals surface area contributed by atoms with E-state index in [0.29, 0.717) is 19.0 Å². The molecule has 0 aromatic rings.